The highest BCUT2D eigenvalue weighted by Gasteiger charge is 2.28. The molecule has 3 nitrogen and oxygen atoms in total. The minimum Gasteiger partial charge on any atom is -0.469 e. The van der Waals surface area contributed by atoms with E-state index in [0.29, 0.717) is 12.3 Å². The van der Waals surface area contributed by atoms with Crippen molar-refractivity contribution in [3.8, 4) is 0 Å². The van der Waals surface area contributed by atoms with Crippen molar-refractivity contribution >= 4 is 12.0 Å². The van der Waals surface area contributed by atoms with Crippen LogP contribution in [0.15, 0.2) is 30.3 Å². The van der Waals surface area contributed by atoms with Crippen LogP contribution in [-0.2, 0) is 14.3 Å². The lowest BCUT2D eigenvalue weighted by Gasteiger charge is -2.24. The Morgan fingerprint density at radius 1 is 1.24 bits per heavy atom. The molecule has 1 aliphatic carbocycles. The Bertz CT molecular complexity index is 507. The number of esters is 1. The zero-order valence-electron chi connectivity index (χ0n) is 13.0. The first kappa shape index (κ1) is 15.8. The molecule has 2 rings (SSSR count). The zero-order chi connectivity index (χ0) is 15.2. The van der Waals surface area contributed by atoms with Gasteiger partial charge in [-0.15, -0.1) is 0 Å². The number of hydrogen-bond acceptors (Lipinski definition) is 3. The average molecular weight is 288 g/mol. The van der Waals surface area contributed by atoms with Gasteiger partial charge in [-0.3, -0.25) is 4.79 Å². The highest BCUT2D eigenvalue weighted by molar-refractivity contribution is 5.70. The third-order valence-electron chi connectivity index (χ3n) is 4.35. The Kier molecular flexibility index (Phi) is 5.57. The van der Waals surface area contributed by atoms with E-state index in [9.17, 15) is 4.79 Å². The van der Waals surface area contributed by atoms with Crippen LogP contribution in [0.5, 0.6) is 0 Å². The molecule has 1 aromatic rings. The van der Waals surface area contributed by atoms with Crippen molar-refractivity contribution in [2.75, 3.05) is 14.2 Å². The van der Waals surface area contributed by atoms with E-state index >= 15 is 0 Å². The fourth-order valence-electron chi connectivity index (χ4n) is 2.96. The predicted molar refractivity (Wildman–Crippen MR) is 84.0 cm³/mol. The van der Waals surface area contributed by atoms with Gasteiger partial charge in [0.1, 0.15) is 0 Å². The number of rotatable bonds is 7. The lowest BCUT2D eigenvalue weighted by molar-refractivity contribution is -0.141. The fraction of sp³-hybridized carbons (Fsp3) is 0.500. The smallest absolute Gasteiger partial charge is 0.305 e. The number of carbonyl (C=O) groups excluding carboxylic acids is 1. The summed E-state index contributed by atoms with van der Waals surface area (Å²) in [4.78, 5) is 11.7. The Labute approximate surface area is 127 Å². The summed E-state index contributed by atoms with van der Waals surface area (Å²) in [6.07, 6.45) is 6.94. The fourth-order valence-corrected chi connectivity index (χ4v) is 2.96. The molecule has 0 amide bonds. The van der Waals surface area contributed by atoms with Gasteiger partial charge < -0.3 is 9.47 Å². The third-order valence-corrected chi connectivity index (χ3v) is 4.35. The summed E-state index contributed by atoms with van der Waals surface area (Å²) >= 11 is 0. The highest BCUT2D eigenvalue weighted by atomic mass is 16.5. The lowest BCUT2D eigenvalue weighted by Crippen LogP contribution is -2.18. The molecule has 1 aromatic carbocycles. The third kappa shape index (κ3) is 3.94. The monoisotopic (exact) mass is 288 g/mol. The molecule has 21 heavy (non-hydrogen) atoms. The van der Waals surface area contributed by atoms with E-state index in [2.05, 4.69) is 37.3 Å². The van der Waals surface area contributed by atoms with Crippen molar-refractivity contribution in [2.24, 2.45) is 5.92 Å². The molecular formula is C18H24O3. The van der Waals surface area contributed by atoms with Gasteiger partial charge in [-0.25, -0.2) is 0 Å². The second-order valence-electron chi connectivity index (χ2n) is 5.68. The van der Waals surface area contributed by atoms with Crippen LogP contribution in [0.1, 0.15) is 43.2 Å². The maximum atomic E-state index is 11.7. The molecule has 0 fully saturated rings. The first-order valence-electron chi connectivity index (χ1n) is 7.52. The van der Waals surface area contributed by atoms with Gasteiger partial charge in [0.25, 0.3) is 0 Å². The summed E-state index contributed by atoms with van der Waals surface area (Å²) in [6.45, 7) is 2.06. The van der Waals surface area contributed by atoms with Crippen LogP contribution in [-0.4, -0.2) is 26.3 Å². The molecule has 0 bridgehead atoms. The second-order valence-corrected chi connectivity index (χ2v) is 5.68. The van der Waals surface area contributed by atoms with Crippen LogP contribution in [0.25, 0.3) is 6.08 Å². The highest BCUT2D eigenvalue weighted by Crippen LogP contribution is 2.39. The molecule has 0 radical (unpaired) electrons. The predicted octanol–water partition coefficient (Wildman–Crippen LogP) is 3.79. The summed E-state index contributed by atoms with van der Waals surface area (Å²) in [7, 11) is 3.18. The molecule has 0 spiro atoms. The number of fused-ring (bicyclic) bond motifs is 1. The molecule has 3 unspecified atom stereocenters. The lowest BCUT2D eigenvalue weighted by atomic mass is 9.82. The van der Waals surface area contributed by atoms with Gasteiger partial charge in [-0.05, 0) is 36.8 Å². The van der Waals surface area contributed by atoms with E-state index in [1.165, 1.54) is 18.2 Å². The number of hydrogen-bond donors (Lipinski definition) is 0. The topological polar surface area (TPSA) is 35.5 Å². The first-order valence-corrected chi connectivity index (χ1v) is 7.52. The summed E-state index contributed by atoms with van der Waals surface area (Å²) in [5.41, 5.74) is 2.58. The van der Waals surface area contributed by atoms with E-state index in [1.807, 2.05) is 6.07 Å². The molecular weight excluding hydrogens is 264 g/mol. The molecule has 3 heteroatoms. The molecule has 0 saturated heterocycles. The van der Waals surface area contributed by atoms with Gasteiger partial charge in [-0.1, -0.05) is 36.4 Å². The quantitative estimate of drug-likeness (QED) is 0.716. The molecule has 1 aliphatic rings. The van der Waals surface area contributed by atoms with Crippen LogP contribution >= 0.6 is 0 Å². The number of methoxy groups -OCH3 is 2. The van der Waals surface area contributed by atoms with Crippen molar-refractivity contribution in [3.63, 3.8) is 0 Å². The maximum absolute atomic E-state index is 11.7. The standard InChI is InChI=1S/C18H24O3/c1-13(20-2)8-9-15(12-18(19)21-3)17-11-10-14-6-4-5-7-16(14)17/h4-7,10-11,13,15,17H,8-9,12H2,1-3H3. The van der Waals surface area contributed by atoms with E-state index in [1.54, 1.807) is 7.11 Å². The van der Waals surface area contributed by atoms with Gasteiger partial charge in [0, 0.05) is 19.4 Å². The van der Waals surface area contributed by atoms with Gasteiger partial charge >= 0.3 is 5.97 Å². The minimum absolute atomic E-state index is 0.136. The van der Waals surface area contributed by atoms with Crippen molar-refractivity contribution in [1.82, 2.24) is 0 Å². The van der Waals surface area contributed by atoms with Crippen molar-refractivity contribution in [3.05, 3.63) is 41.5 Å². The average Bonchev–Trinajstić information content (AvgIpc) is 2.94. The van der Waals surface area contributed by atoms with Gasteiger partial charge in [0.05, 0.1) is 13.2 Å². The van der Waals surface area contributed by atoms with Crippen molar-refractivity contribution in [1.29, 1.82) is 0 Å². The largest absolute Gasteiger partial charge is 0.469 e. The minimum atomic E-state index is -0.136. The van der Waals surface area contributed by atoms with Crippen LogP contribution in [0.4, 0.5) is 0 Å². The number of allylic oxidation sites excluding steroid dienone is 1. The second kappa shape index (κ2) is 7.41. The Morgan fingerprint density at radius 2 is 2.00 bits per heavy atom. The van der Waals surface area contributed by atoms with E-state index in [4.69, 9.17) is 9.47 Å². The van der Waals surface area contributed by atoms with Crippen molar-refractivity contribution in [2.45, 2.75) is 38.2 Å². The van der Waals surface area contributed by atoms with Gasteiger partial charge in [-0.2, -0.15) is 0 Å². The molecule has 114 valence electrons. The Hall–Kier alpha value is -1.61. The van der Waals surface area contributed by atoms with Crippen LogP contribution < -0.4 is 0 Å². The Morgan fingerprint density at radius 3 is 2.71 bits per heavy atom. The zero-order valence-corrected chi connectivity index (χ0v) is 13.0. The number of carbonyl (C=O) groups is 1. The van der Waals surface area contributed by atoms with Crippen LogP contribution in [0, 0.1) is 5.92 Å². The maximum Gasteiger partial charge on any atom is 0.305 e. The summed E-state index contributed by atoms with van der Waals surface area (Å²) in [6, 6.07) is 8.39. The van der Waals surface area contributed by atoms with E-state index < -0.39 is 0 Å². The summed E-state index contributed by atoms with van der Waals surface area (Å²) in [5.74, 6) is 0.419. The van der Waals surface area contributed by atoms with Crippen molar-refractivity contribution < 1.29 is 14.3 Å². The summed E-state index contributed by atoms with van der Waals surface area (Å²) in [5, 5.41) is 0. The van der Waals surface area contributed by atoms with Gasteiger partial charge in [0.15, 0.2) is 0 Å². The molecule has 3 atom stereocenters. The summed E-state index contributed by atoms with van der Waals surface area (Å²) < 4.78 is 10.2. The number of benzene rings is 1. The van der Waals surface area contributed by atoms with Crippen LogP contribution in [0.2, 0.25) is 0 Å². The Balaban J connectivity index is 2.12. The number of ether oxygens (including phenoxy) is 2. The molecule has 0 heterocycles. The molecule has 0 aliphatic heterocycles. The SMILES string of the molecule is COC(=O)CC(CCC(C)OC)C1C=Cc2ccccc21. The first-order chi connectivity index (χ1) is 10.2. The molecule has 0 aromatic heterocycles. The van der Waals surface area contributed by atoms with Crippen LogP contribution in [0.3, 0.4) is 0 Å². The van der Waals surface area contributed by atoms with E-state index in [0.717, 1.165) is 12.8 Å². The molecule has 0 saturated carbocycles. The molecule has 0 N–H and O–H groups in total. The van der Waals surface area contributed by atoms with E-state index in [-0.39, 0.29) is 18.0 Å². The van der Waals surface area contributed by atoms with Gasteiger partial charge in [0.2, 0.25) is 0 Å². The normalized spacial score (nSPS) is 19.1.